The number of hydrogen-bond acceptors (Lipinski definition) is 1. The summed E-state index contributed by atoms with van der Waals surface area (Å²) in [6.07, 6.45) is 1.36. The first-order valence-corrected chi connectivity index (χ1v) is 7.05. The average molecular weight is 283 g/mol. The van der Waals surface area contributed by atoms with Crippen LogP contribution in [0.2, 0.25) is 0 Å². The van der Waals surface area contributed by atoms with Crippen LogP contribution in [-0.2, 0) is 6.42 Å². The summed E-state index contributed by atoms with van der Waals surface area (Å²) in [4.78, 5) is 4.37. The smallest absolute Gasteiger partial charge is 0.191 e. The van der Waals surface area contributed by atoms with Crippen molar-refractivity contribution in [3.63, 3.8) is 0 Å². The highest BCUT2D eigenvalue weighted by atomic mass is 19.1. The van der Waals surface area contributed by atoms with Gasteiger partial charge in [-0.25, -0.2) is 8.78 Å². The quantitative estimate of drug-likeness (QED) is 0.622. The van der Waals surface area contributed by atoms with Crippen molar-refractivity contribution in [2.45, 2.75) is 39.7 Å². The van der Waals surface area contributed by atoms with Crippen molar-refractivity contribution in [3.8, 4) is 0 Å². The predicted molar refractivity (Wildman–Crippen MR) is 78.9 cm³/mol. The topological polar surface area (TPSA) is 36.4 Å². The van der Waals surface area contributed by atoms with E-state index in [9.17, 15) is 8.78 Å². The number of rotatable bonds is 6. The van der Waals surface area contributed by atoms with Crippen LogP contribution in [0.5, 0.6) is 0 Å². The largest absolute Gasteiger partial charge is 0.357 e. The number of nitrogens with zero attached hydrogens (tertiary/aromatic N) is 1. The molecule has 1 atom stereocenters. The predicted octanol–water partition coefficient (Wildman–Crippen LogP) is 2.86. The van der Waals surface area contributed by atoms with E-state index in [1.165, 1.54) is 6.07 Å². The third-order valence-electron chi connectivity index (χ3n) is 3.00. The fourth-order valence-corrected chi connectivity index (χ4v) is 1.68. The van der Waals surface area contributed by atoms with Gasteiger partial charge in [-0.1, -0.05) is 6.92 Å². The van der Waals surface area contributed by atoms with Gasteiger partial charge in [0.2, 0.25) is 0 Å². The molecule has 0 aromatic heterocycles. The van der Waals surface area contributed by atoms with E-state index in [1.807, 2.05) is 6.92 Å². The Morgan fingerprint density at radius 2 is 2.05 bits per heavy atom. The van der Waals surface area contributed by atoms with Crippen LogP contribution in [0, 0.1) is 11.6 Å². The van der Waals surface area contributed by atoms with E-state index in [-0.39, 0.29) is 5.82 Å². The summed E-state index contributed by atoms with van der Waals surface area (Å²) in [6.45, 7) is 7.31. The number of guanidine groups is 1. The maximum atomic E-state index is 13.5. The van der Waals surface area contributed by atoms with Gasteiger partial charge in [0, 0.05) is 19.1 Å². The number of hydrogen-bond donors (Lipinski definition) is 2. The van der Waals surface area contributed by atoms with Gasteiger partial charge in [0.05, 0.1) is 0 Å². The summed E-state index contributed by atoms with van der Waals surface area (Å²) in [6, 6.07) is 3.81. The normalized spacial score (nSPS) is 13.2. The fourth-order valence-electron chi connectivity index (χ4n) is 1.68. The van der Waals surface area contributed by atoms with Gasteiger partial charge in [-0.05, 0) is 50.5 Å². The van der Waals surface area contributed by atoms with Gasteiger partial charge in [0.25, 0.3) is 0 Å². The zero-order valence-electron chi connectivity index (χ0n) is 12.3. The van der Waals surface area contributed by atoms with Crippen LogP contribution < -0.4 is 10.6 Å². The molecular formula is C15H23F2N3. The molecule has 0 aliphatic rings. The van der Waals surface area contributed by atoms with E-state index < -0.39 is 5.82 Å². The van der Waals surface area contributed by atoms with Gasteiger partial charge < -0.3 is 10.6 Å². The van der Waals surface area contributed by atoms with E-state index in [4.69, 9.17) is 0 Å². The summed E-state index contributed by atoms with van der Waals surface area (Å²) in [7, 11) is 0. The van der Waals surface area contributed by atoms with E-state index in [0.717, 1.165) is 25.1 Å². The van der Waals surface area contributed by atoms with Gasteiger partial charge in [0.15, 0.2) is 5.96 Å². The summed E-state index contributed by atoms with van der Waals surface area (Å²) in [5, 5.41) is 6.38. The lowest BCUT2D eigenvalue weighted by atomic mass is 10.1. The highest BCUT2D eigenvalue weighted by molar-refractivity contribution is 5.80. The van der Waals surface area contributed by atoms with E-state index in [1.54, 1.807) is 0 Å². The maximum absolute atomic E-state index is 13.5. The lowest BCUT2D eigenvalue weighted by Crippen LogP contribution is -2.42. The Kier molecular flexibility index (Phi) is 6.98. The Bertz CT molecular complexity index is 447. The molecule has 1 aromatic rings. The van der Waals surface area contributed by atoms with Gasteiger partial charge in [0.1, 0.15) is 11.6 Å². The zero-order chi connectivity index (χ0) is 15.0. The fraction of sp³-hybridized carbons (Fsp3) is 0.533. The Morgan fingerprint density at radius 1 is 1.30 bits per heavy atom. The number of nitrogens with one attached hydrogen (secondary N) is 2. The molecule has 2 N–H and O–H groups in total. The van der Waals surface area contributed by atoms with Gasteiger partial charge in [-0.15, -0.1) is 0 Å². The van der Waals surface area contributed by atoms with Crippen LogP contribution in [-0.4, -0.2) is 25.1 Å². The third-order valence-corrected chi connectivity index (χ3v) is 3.00. The minimum atomic E-state index is -0.421. The molecule has 20 heavy (non-hydrogen) atoms. The summed E-state index contributed by atoms with van der Waals surface area (Å²) >= 11 is 0. The van der Waals surface area contributed by atoms with Crippen molar-refractivity contribution < 1.29 is 8.78 Å². The third kappa shape index (κ3) is 5.55. The van der Waals surface area contributed by atoms with Crippen molar-refractivity contribution in [3.05, 3.63) is 35.4 Å². The number of aliphatic imine (C=N–C) groups is 1. The van der Waals surface area contributed by atoms with E-state index in [0.29, 0.717) is 30.5 Å². The van der Waals surface area contributed by atoms with Gasteiger partial charge in [-0.2, -0.15) is 0 Å². The Balaban J connectivity index is 2.61. The molecule has 0 saturated heterocycles. The molecule has 0 fully saturated rings. The monoisotopic (exact) mass is 283 g/mol. The lowest BCUT2D eigenvalue weighted by Gasteiger charge is -2.16. The van der Waals surface area contributed by atoms with Crippen LogP contribution in [0.15, 0.2) is 23.2 Å². The molecule has 0 aliphatic heterocycles. The van der Waals surface area contributed by atoms with Crippen molar-refractivity contribution in [2.24, 2.45) is 4.99 Å². The first-order chi connectivity index (χ1) is 9.56. The number of halogens is 2. The minimum Gasteiger partial charge on any atom is -0.357 e. The summed E-state index contributed by atoms with van der Waals surface area (Å²) in [5.41, 5.74) is 0.355. The molecular weight excluding hydrogens is 260 g/mol. The highest BCUT2D eigenvalue weighted by Crippen LogP contribution is 2.10. The molecule has 0 heterocycles. The molecule has 0 radical (unpaired) electrons. The lowest BCUT2D eigenvalue weighted by molar-refractivity contribution is 0.584. The second-order valence-corrected chi connectivity index (χ2v) is 4.70. The first kappa shape index (κ1) is 16.4. The van der Waals surface area contributed by atoms with Crippen molar-refractivity contribution in [2.75, 3.05) is 13.1 Å². The summed E-state index contributed by atoms with van der Waals surface area (Å²) < 4.78 is 26.5. The van der Waals surface area contributed by atoms with Crippen LogP contribution in [0.4, 0.5) is 8.78 Å². The van der Waals surface area contributed by atoms with Gasteiger partial charge >= 0.3 is 0 Å². The SMILES string of the molecule is CCNC(=NCCc1cc(F)ccc1F)NC(C)CC. The molecule has 1 rings (SSSR count). The van der Waals surface area contributed by atoms with Crippen LogP contribution in [0.1, 0.15) is 32.8 Å². The molecule has 0 saturated carbocycles. The molecule has 1 unspecified atom stereocenters. The molecule has 3 nitrogen and oxygen atoms in total. The van der Waals surface area contributed by atoms with Crippen LogP contribution in [0.3, 0.4) is 0 Å². The summed E-state index contributed by atoms with van der Waals surface area (Å²) in [5.74, 6) is -0.102. The minimum absolute atomic E-state index is 0.318. The molecule has 0 amide bonds. The van der Waals surface area contributed by atoms with Gasteiger partial charge in [-0.3, -0.25) is 4.99 Å². The Labute approximate surface area is 119 Å². The number of benzene rings is 1. The van der Waals surface area contributed by atoms with Crippen LogP contribution in [0.25, 0.3) is 0 Å². The van der Waals surface area contributed by atoms with Crippen molar-refractivity contribution in [1.82, 2.24) is 10.6 Å². The van der Waals surface area contributed by atoms with Crippen molar-refractivity contribution >= 4 is 5.96 Å². The standard InChI is InChI=1S/C15H23F2N3/c1-4-11(3)20-15(18-5-2)19-9-8-12-10-13(16)6-7-14(12)17/h6-7,10-11H,4-5,8-9H2,1-3H3,(H2,18,19,20). The molecule has 5 heteroatoms. The molecule has 1 aromatic carbocycles. The molecule has 112 valence electrons. The van der Waals surface area contributed by atoms with E-state index >= 15 is 0 Å². The first-order valence-electron chi connectivity index (χ1n) is 7.05. The Morgan fingerprint density at radius 3 is 2.70 bits per heavy atom. The second-order valence-electron chi connectivity index (χ2n) is 4.70. The molecule has 0 aliphatic carbocycles. The van der Waals surface area contributed by atoms with E-state index in [2.05, 4.69) is 29.5 Å². The highest BCUT2D eigenvalue weighted by Gasteiger charge is 2.05. The van der Waals surface area contributed by atoms with Crippen LogP contribution >= 0.6 is 0 Å². The van der Waals surface area contributed by atoms with Crippen molar-refractivity contribution in [1.29, 1.82) is 0 Å². The second kappa shape index (κ2) is 8.51. The molecule has 0 spiro atoms. The maximum Gasteiger partial charge on any atom is 0.191 e. The Hall–Kier alpha value is -1.65. The average Bonchev–Trinajstić information content (AvgIpc) is 2.42. The zero-order valence-corrected chi connectivity index (χ0v) is 12.3. The molecule has 0 bridgehead atoms.